The second kappa shape index (κ2) is 10.4. The van der Waals surface area contributed by atoms with Crippen molar-refractivity contribution in [3.8, 4) is 17.2 Å². The van der Waals surface area contributed by atoms with Crippen LogP contribution in [0.2, 0.25) is 0 Å². The van der Waals surface area contributed by atoms with Gasteiger partial charge in [0.15, 0.2) is 11.5 Å². The van der Waals surface area contributed by atoms with Crippen LogP contribution in [0.4, 0.5) is 0 Å². The van der Waals surface area contributed by atoms with Gasteiger partial charge in [-0.2, -0.15) is 11.3 Å². The first-order valence-corrected chi connectivity index (χ1v) is 11.0. The number of fused-ring (bicyclic) bond motifs is 1. The lowest BCUT2D eigenvalue weighted by Crippen LogP contribution is -2.42. The van der Waals surface area contributed by atoms with Crippen molar-refractivity contribution >= 4 is 23.7 Å². The van der Waals surface area contributed by atoms with E-state index in [4.69, 9.17) is 14.2 Å². The van der Waals surface area contributed by atoms with Crippen molar-refractivity contribution < 1.29 is 14.2 Å². The topological polar surface area (TPSA) is 30.9 Å². The van der Waals surface area contributed by atoms with Crippen molar-refractivity contribution in [3.05, 3.63) is 40.6 Å². The highest BCUT2D eigenvalue weighted by atomic mass is 35.5. The van der Waals surface area contributed by atoms with Gasteiger partial charge in [-0.15, -0.1) is 12.4 Å². The SMILES string of the molecule is CCCCCN1CCC(c2ccsc2)C(COc2ccc3c(c2)OCO3)C1.Cl. The number of ether oxygens (including phenoxy) is 3. The van der Waals surface area contributed by atoms with E-state index in [1.165, 1.54) is 44.3 Å². The van der Waals surface area contributed by atoms with Crippen LogP contribution in [0.5, 0.6) is 17.2 Å². The van der Waals surface area contributed by atoms with E-state index < -0.39 is 0 Å². The van der Waals surface area contributed by atoms with Gasteiger partial charge in [0.25, 0.3) is 0 Å². The molecule has 0 aliphatic carbocycles. The molecule has 1 aromatic heterocycles. The molecule has 2 atom stereocenters. The zero-order chi connectivity index (χ0) is 18.5. The molecule has 4 nitrogen and oxygen atoms in total. The Morgan fingerprint density at radius 2 is 2.07 bits per heavy atom. The number of halogens is 1. The molecule has 0 amide bonds. The van der Waals surface area contributed by atoms with E-state index in [1.807, 2.05) is 18.2 Å². The maximum absolute atomic E-state index is 6.21. The fraction of sp³-hybridized carbons (Fsp3) is 0.545. The number of thiophene rings is 1. The van der Waals surface area contributed by atoms with Crippen LogP contribution in [0.3, 0.4) is 0 Å². The summed E-state index contributed by atoms with van der Waals surface area (Å²) in [5, 5.41) is 4.50. The zero-order valence-electron chi connectivity index (χ0n) is 16.5. The average molecular weight is 424 g/mol. The van der Waals surface area contributed by atoms with Crippen molar-refractivity contribution in [2.24, 2.45) is 5.92 Å². The fourth-order valence-corrected chi connectivity index (χ4v) is 4.88. The maximum Gasteiger partial charge on any atom is 0.231 e. The predicted molar refractivity (Wildman–Crippen MR) is 116 cm³/mol. The highest BCUT2D eigenvalue weighted by Crippen LogP contribution is 2.37. The zero-order valence-corrected chi connectivity index (χ0v) is 18.1. The Labute approximate surface area is 178 Å². The largest absolute Gasteiger partial charge is 0.493 e. The molecular weight excluding hydrogens is 394 g/mol. The van der Waals surface area contributed by atoms with Gasteiger partial charge < -0.3 is 19.1 Å². The number of nitrogens with zero attached hydrogens (tertiary/aromatic N) is 1. The number of hydrogen-bond donors (Lipinski definition) is 0. The van der Waals surface area contributed by atoms with Crippen LogP contribution in [-0.2, 0) is 0 Å². The van der Waals surface area contributed by atoms with E-state index in [9.17, 15) is 0 Å². The first kappa shape index (κ1) is 21.3. The maximum atomic E-state index is 6.21. The highest BCUT2D eigenvalue weighted by Gasteiger charge is 2.31. The number of hydrogen-bond acceptors (Lipinski definition) is 5. The third kappa shape index (κ3) is 5.13. The minimum atomic E-state index is 0. The molecule has 0 radical (unpaired) electrons. The molecule has 154 valence electrons. The lowest BCUT2D eigenvalue weighted by atomic mass is 9.82. The average Bonchev–Trinajstić information content (AvgIpc) is 3.38. The van der Waals surface area contributed by atoms with E-state index in [2.05, 4.69) is 28.7 Å². The summed E-state index contributed by atoms with van der Waals surface area (Å²) >= 11 is 1.80. The van der Waals surface area contributed by atoms with Gasteiger partial charge in [-0.3, -0.25) is 0 Å². The van der Waals surface area contributed by atoms with Gasteiger partial charge in [-0.1, -0.05) is 19.8 Å². The summed E-state index contributed by atoms with van der Waals surface area (Å²) in [5.74, 6) is 3.56. The molecule has 4 rings (SSSR count). The van der Waals surface area contributed by atoms with Crippen molar-refractivity contribution in [3.63, 3.8) is 0 Å². The van der Waals surface area contributed by atoms with Crippen LogP contribution < -0.4 is 14.2 Å². The van der Waals surface area contributed by atoms with Crippen LogP contribution in [0.25, 0.3) is 0 Å². The number of piperidine rings is 1. The molecule has 1 saturated heterocycles. The minimum Gasteiger partial charge on any atom is -0.493 e. The van der Waals surface area contributed by atoms with Crippen LogP contribution in [-0.4, -0.2) is 37.9 Å². The third-order valence-electron chi connectivity index (χ3n) is 5.68. The van der Waals surface area contributed by atoms with Gasteiger partial charge in [-0.05, 0) is 66.4 Å². The van der Waals surface area contributed by atoms with Gasteiger partial charge in [0, 0.05) is 18.5 Å². The Morgan fingerprint density at radius 3 is 2.89 bits per heavy atom. The van der Waals surface area contributed by atoms with E-state index in [0.29, 0.717) is 18.6 Å². The number of rotatable bonds is 8. The molecule has 0 N–H and O–H groups in total. The second-order valence-corrected chi connectivity index (χ2v) is 8.33. The van der Waals surface area contributed by atoms with Crippen molar-refractivity contribution in [1.29, 1.82) is 0 Å². The number of likely N-dealkylation sites (tertiary alicyclic amines) is 1. The second-order valence-electron chi connectivity index (χ2n) is 7.55. The first-order chi connectivity index (χ1) is 13.3. The van der Waals surface area contributed by atoms with Crippen LogP contribution in [0, 0.1) is 5.92 Å². The van der Waals surface area contributed by atoms with Crippen LogP contribution >= 0.6 is 23.7 Å². The summed E-state index contributed by atoms with van der Waals surface area (Å²) in [4.78, 5) is 2.63. The van der Waals surface area contributed by atoms with Gasteiger partial charge in [0.05, 0.1) is 6.61 Å². The van der Waals surface area contributed by atoms with E-state index in [-0.39, 0.29) is 12.4 Å². The lowest BCUT2D eigenvalue weighted by molar-refractivity contribution is 0.109. The lowest BCUT2D eigenvalue weighted by Gasteiger charge is -2.38. The summed E-state index contributed by atoms with van der Waals surface area (Å²) in [5.41, 5.74) is 1.48. The summed E-state index contributed by atoms with van der Waals surface area (Å²) in [6.07, 6.45) is 5.12. The molecule has 0 spiro atoms. The Balaban J connectivity index is 0.00000225. The quantitative estimate of drug-likeness (QED) is 0.519. The molecule has 0 saturated carbocycles. The van der Waals surface area contributed by atoms with Gasteiger partial charge in [0.1, 0.15) is 5.75 Å². The highest BCUT2D eigenvalue weighted by molar-refractivity contribution is 7.08. The van der Waals surface area contributed by atoms with Gasteiger partial charge in [0.2, 0.25) is 6.79 Å². The summed E-state index contributed by atoms with van der Waals surface area (Å²) in [6, 6.07) is 8.15. The smallest absolute Gasteiger partial charge is 0.231 e. The Bertz CT molecular complexity index is 725. The molecule has 3 heterocycles. The Morgan fingerprint density at radius 1 is 1.18 bits per heavy atom. The molecule has 28 heavy (non-hydrogen) atoms. The standard InChI is InChI=1S/C22H29NO3S.ClH/c1-2-3-4-9-23-10-7-20(17-8-11-27-15-17)18(13-23)14-24-19-5-6-21-22(12-19)26-16-25-21;/h5-6,8,11-12,15,18,20H,2-4,7,9-10,13-14,16H2,1H3;1H. The monoisotopic (exact) mass is 423 g/mol. The molecule has 1 aromatic carbocycles. The number of benzene rings is 1. The Hall–Kier alpha value is -1.43. The predicted octanol–water partition coefficient (Wildman–Crippen LogP) is 5.57. The molecule has 2 aromatic rings. The molecule has 2 aliphatic rings. The summed E-state index contributed by atoms with van der Waals surface area (Å²) < 4.78 is 17.1. The molecule has 2 aliphatic heterocycles. The molecule has 2 unspecified atom stereocenters. The summed E-state index contributed by atoms with van der Waals surface area (Å²) in [6.45, 7) is 6.84. The summed E-state index contributed by atoms with van der Waals surface area (Å²) in [7, 11) is 0. The molecular formula is C22H30ClNO3S. The van der Waals surface area contributed by atoms with E-state index in [1.54, 1.807) is 11.3 Å². The normalized spacial score (nSPS) is 21.3. The first-order valence-electron chi connectivity index (χ1n) is 10.1. The fourth-order valence-electron chi connectivity index (χ4n) is 4.16. The van der Waals surface area contributed by atoms with Crippen LogP contribution in [0.1, 0.15) is 44.1 Å². The molecule has 0 bridgehead atoms. The van der Waals surface area contributed by atoms with Crippen molar-refractivity contribution in [1.82, 2.24) is 4.90 Å². The third-order valence-corrected chi connectivity index (χ3v) is 6.38. The van der Waals surface area contributed by atoms with Gasteiger partial charge >= 0.3 is 0 Å². The van der Waals surface area contributed by atoms with Crippen molar-refractivity contribution in [2.45, 2.75) is 38.5 Å². The molecule has 6 heteroatoms. The van der Waals surface area contributed by atoms with Crippen molar-refractivity contribution in [2.75, 3.05) is 33.0 Å². The van der Waals surface area contributed by atoms with E-state index >= 15 is 0 Å². The molecule has 1 fully saturated rings. The Kier molecular flexibility index (Phi) is 7.89. The van der Waals surface area contributed by atoms with E-state index in [0.717, 1.165) is 30.4 Å². The minimum absolute atomic E-state index is 0. The van der Waals surface area contributed by atoms with Gasteiger partial charge in [-0.25, -0.2) is 0 Å². The number of unbranched alkanes of at least 4 members (excludes halogenated alkanes) is 2. The van der Waals surface area contributed by atoms with Crippen LogP contribution in [0.15, 0.2) is 35.0 Å².